The number of hydrogen-bond donors (Lipinski definition) is 4. The first-order chi connectivity index (χ1) is 14.8. The van der Waals surface area contributed by atoms with Crippen molar-refractivity contribution in [3.8, 4) is 6.07 Å². The minimum atomic E-state index is -1.05. The highest BCUT2D eigenvalue weighted by atomic mass is 16.2. The third-order valence-corrected chi connectivity index (χ3v) is 6.48. The van der Waals surface area contributed by atoms with Gasteiger partial charge in [0, 0.05) is 23.4 Å². The van der Waals surface area contributed by atoms with Gasteiger partial charge in [-0.1, -0.05) is 32.0 Å². The van der Waals surface area contributed by atoms with E-state index in [-0.39, 0.29) is 41.9 Å². The number of amides is 3. The molecule has 1 saturated carbocycles. The van der Waals surface area contributed by atoms with Crippen LogP contribution in [0, 0.1) is 29.1 Å². The highest BCUT2D eigenvalue weighted by Gasteiger charge is 2.62. The lowest BCUT2D eigenvalue weighted by atomic mass is 9.98. The van der Waals surface area contributed by atoms with E-state index in [0.717, 1.165) is 10.9 Å². The minimum absolute atomic E-state index is 0.0186. The molecule has 1 aromatic carbocycles. The van der Waals surface area contributed by atoms with Crippen molar-refractivity contribution in [1.82, 2.24) is 20.9 Å². The second-order valence-corrected chi connectivity index (χ2v) is 8.92. The lowest BCUT2D eigenvalue weighted by molar-refractivity contribution is -0.126. The van der Waals surface area contributed by atoms with Crippen molar-refractivity contribution in [3.63, 3.8) is 0 Å². The molecule has 0 spiro atoms. The van der Waals surface area contributed by atoms with Gasteiger partial charge in [-0.2, -0.15) is 5.26 Å². The molecule has 0 bridgehead atoms. The molecule has 8 nitrogen and oxygen atoms in total. The fourth-order valence-electron chi connectivity index (χ4n) is 4.61. The Balaban J connectivity index is 1.49. The SMILES string of the molecule is CC(C)C1CC1(NC(=O)c1cc2ccccc2[nH]1)C(=O)N[C@H](C#N)C[C@@H]1CCNC1=O. The van der Waals surface area contributed by atoms with Gasteiger partial charge in [-0.25, -0.2) is 0 Å². The Labute approximate surface area is 180 Å². The van der Waals surface area contributed by atoms with E-state index in [1.165, 1.54) is 0 Å². The van der Waals surface area contributed by atoms with Crippen LogP contribution in [-0.4, -0.2) is 40.8 Å². The maximum Gasteiger partial charge on any atom is 0.268 e. The van der Waals surface area contributed by atoms with Gasteiger partial charge in [-0.15, -0.1) is 0 Å². The lowest BCUT2D eigenvalue weighted by Crippen LogP contribution is -2.53. The quantitative estimate of drug-likeness (QED) is 0.544. The molecule has 3 amide bonds. The molecular weight excluding hydrogens is 394 g/mol. The number of rotatable bonds is 7. The van der Waals surface area contributed by atoms with E-state index in [1.807, 2.05) is 38.1 Å². The molecule has 2 aromatic rings. The third kappa shape index (κ3) is 4.00. The van der Waals surface area contributed by atoms with Crippen molar-refractivity contribution in [1.29, 1.82) is 5.26 Å². The number of hydrogen-bond acceptors (Lipinski definition) is 4. The number of benzene rings is 1. The van der Waals surface area contributed by atoms with Crippen LogP contribution in [0.5, 0.6) is 0 Å². The van der Waals surface area contributed by atoms with Crippen LogP contribution in [0.1, 0.15) is 43.6 Å². The van der Waals surface area contributed by atoms with Gasteiger partial charge in [0.15, 0.2) is 0 Å². The Hall–Kier alpha value is -3.34. The molecule has 31 heavy (non-hydrogen) atoms. The molecule has 0 radical (unpaired) electrons. The average Bonchev–Trinajstić information content (AvgIpc) is 3.10. The number of nitrogens with one attached hydrogen (secondary N) is 4. The zero-order chi connectivity index (χ0) is 22.2. The van der Waals surface area contributed by atoms with Gasteiger partial charge in [0.2, 0.25) is 11.8 Å². The standard InChI is InChI=1S/C23H27N5O3/c1-13(2)17-11-23(17,22(31)26-16(12-24)9-15-7-8-25-20(15)29)28-21(30)19-10-14-5-3-4-6-18(14)27-19/h3-6,10,13,15-17,27H,7-9,11H2,1-2H3,(H,25,29)(H,26,31)(H,28,30)/t15-,16-,17?,23?/m0/s1. The molecule has 1 aromatic heterocycles. The van der Waals surface area contributed by atoms with Crippen LogP contribution in [-0.2, 0) is 9.59 Å². The predicted octanol–water partition coefficient (Wildman–Crippen LogP) is 1.85. The number of aromatic nitrogens is 1. The molecule has 2 aliphatic rings. The molecule has 1 saturated heterocycles. The average molecular weight is 422 g/mol. The van der Waals surface area contributed by atoms with Gasteiger partial charge in [-0.05, 0) is 43.2 Å². The second-order valence-electron chi connectivity index (χ2n) is 8.92. The molecule has 4 rings (SSSR count). The molecule has 4 atom stereocenters. The largest absolute Gasteiger partial charge is 0.356 e. The summed E-state index contributed by atoms with van der Waals surface area (Å²) in [5.74, 6) is -0.895. The van der Waals surface area contributed by atoms with Crippen LogP contribution in [0.2, 0.25) is 0 Å². The number of carbonyl (C=O) groups excluding carboxylic acids is 3. The first-order valence-electron chi connectivity index (χ1n) is 10.7. The summed E-state index contributed by atoms with van der Waals surface area (Å²) in [6.45, 7) is 4.62. The van der Waals surface area contributed by atoms with Crippen molar-refractivity contribution in [2.24, 2.45) is 17.8 Å². The number of nitrogens with zero attached hydrogens (tertiary/aromatic N) is 1. The van der Waals surface area contributed by atoms with E-state index in [1.54, 1.807) is 6.07 Å². The van der Waals surface area contributed by atoms with Crippen LogP contribution >= 0.6 is 0 Å². The molecule has 1 aliphatic heterocycles. The summed E-state index contributed by atoms with van der Waals surface area (Å²) < 4.78 is 0. The number of H-pyrrole nitrogens is 1. The van der Waals surface area contributed by atoms with E-state index in [0.29, 0.717) is 25.1 Å². The van der Waals surface area contributed by atoms with E-state index < -0.39 is 11.6 Å². The molecule has 2 fully saturated rings. The van der Waals surface area contributed by atoms with Crippen molar-refractivity contribution >= 4 is 28.6 Å². The summed E-state index contributed by atoms with van der Waals surface area (Å²) in [5.41, 5.74) is 0.194. The van der Waals surface area contributed by atoms with Crippen molar-refractivity contribution < 1.29 is 14.4 Å². The highest BCUT2D eigenvalue weighted by molar-refractivity contribution is 6.02. The third-order valence-electron chi connectivity index (χ3n) is 6.48. The van der Waals surface area contributed by atoms with Gasteiger partial charge < -0.3 is 20.9 Å². The highest BCUT2D eigenvalue weighted by Crippen LogP contribution is 2.49. The van der Waals surface area contributed by atoms with Gasteiger partial charge in [0.05, 0.1) is 6.07 Å². The summed E-state index contributed by atoms with van der Waals surface area (Å²) in [6.07, 6.45) is 1.45. The van der Waals surface area contributed by atoms with Crippen LogP contribution in [0.25, 0.3) is 10.9 Å². The summed E-state index contributed by atoms with van der Waals surface area (Å²) in [6, 6.07) is 10.7. The Morgan fingerprint density at radius 3 is 2.71 bits per heavy atom. The molecule has 8 heteroatoms. The molecular formula is C23H27N5O3. The molecule has 1 aliphatic carbocycles. The van der Waals surface area contributed by atoms with E-state index in [4.69, 9.17) is 0 Å². The zero-order valence-electron chi connectivity index (χ0n) is 17.7. The zero-order valence-corrected chi connectivity index (χ0v) is 17.7. The Morgan fingerprint density at radius 1 is 1.32 bits per heavy atom. The van der Waals surface area contributed by atoms with E-state index in [2.05, 4.69) is 27.0 Å². The number of carbonyl (C=O) groups is 3. The first kappa shape index (κ1) is 20.9. The maximum absolute atomic E-state index is 13.2. The molecule has 2 unspecified atom stereocenters. The maximum atomic E-state index is 13.2. The number of nitriles is 1. The Morgan fingerprint density at radius 2 is 2.10 bits per heavy atom. The summed E-state index contributed by atoms with van der Waals surface area (Å²) in [7, 11) is 0. The summed E-state index contributed by atoms with van der Waals surface area (Å²) in [4.78, 5) is 41.1. The van der Waals surface area contributed by atoms with Crippen LogP contribution in [0.3, 0.4) is 0 Å². The number of fused-ring (bicyclic) bond motifs is 1. The van der Waals surface area contributed by atoms with Crippen LogP contribution in [0.15, 0.2) is 30.3 Å². The van der Waals surface area contributed by atoms with Gasteiger partial charge >= 0.3 is 0 Å². The van der Waals surface area contributed by atoms with Crippen molar-refractivity contribution in [2.45, 2.75) is 44.7 Å². The smallest absolute Gasteiger partial charge is 0.268 e. The number of aromatic amines is 1. The summed E-state index contributed by atoms with van der Waals surface area (Å²) in [5, 5.41) is 18.9. The fourth-order valence-corrected chi connectivity index (χ4v) is 4.61. The normalized spacial score (nSPS) is 25.7. The number of para-hydroxylation sites is 1. The van der Waals surface area contributed by atoms with Crippen LogP contribution < -0.4 is 16.0 Å². The fraction of sp³-hybridized carbons (Fsp3) is 0.478. The lowest BCUT2D eigenvalue weighted by Gasteiger charge is -2.23. The minimum Gasteiger partial charge on any atom is -0.356 e. The monoisotopic (exact) mass is 421 g/mol. The van der Waals surface area contributed by atoms with Gasteiger partial charge in [-0.3, -0.25) is 14.4 Å². The topological polar surface area (TPSA) is 127 Å². The Bertz CT molecular complexity index is 1040. The second kappa shape index (κ2) is 8.06. The van der Waals surface area contributed by atoms with Gasteiger partial charge in [0.1, 0.15) is 17.3 Å². The van der Waals surface area contributed by atoms with Crippen molar-refractivity contribution in [3.05, 3.63) is 36.0 Å². The molecule has 2 heterocycles. The van der Waals surface area contributed by atoms with E-state index >= 15 is 0 Å². The Kier molecular flexibility index (Phi) is 5.44. The molecule has 162 valence electrons. The van der Waals surface area contributed by atoms with Crippen molar-refractivity contribution in [2.75, 3.05) is 6.54 Å². The predicted molar refractivity (Wildman–Crippen MR) is 115 cm³/mol. The summed E-state index contributed by atoms with van der Waals surface area (Å²) >= 11 is 0. The molecule has 4 N–H and O–H groups in total. The van der Waals surface area contributed by atoms with E-state index in [9.17, 15) is 19.6 Å². The van der Waals surface area contributed by atoms with Gasteiger partial charge in [0.25, 0.3) is 5.91 Å². The van der Waals surface area contributed by atoms with Crippen LogP contribution in [0.4, 0.5) is 0 Å². The first-order valence-corrected chi connectivity index (χ1v) is 10.7.